The molecule has 5 rings (SSSR count). The zero-order valence-electron chi connectivity index (χ0n) is 21.6. The summed E-state index contributed by atoms with van der Waals surface area (Å²) in [4.78, 5) is 25.0. The molecule has 0 heterocycles. The lowest BCUT2D eigenvalue weighted by atomic mass is 9.42. The first kappa shape index (κ1) is 22.9. The van der Waals surface area contributed by atoms with Gasteiger partial charge in [0.15, 0.2) is 5.78 Å². The van der Waals surface area contributed by atoms with Gasteiger partial charge in [-0.25, -0.2) is 0 Å². The highest BCUT2D eigenvalue weighted by Gasteiger charge is 2.82. The first-order valence-electron chi connectivity index (χ1n) is 13.6. The van der Waals surface area contributed by atoms with Gasteiger partial charge in [0.1, 0.15) is 5.78 Å². The van der Waals surface area contributed by atoms with Gasteiger partial charge in [-0.1, -0.05) is 41.2 Å². The second-order valence-electron chi connectivity index (χ2n) is 14.0. The Hall–Kier alpha value is -0.920. The molecule has 0 saturated heterocycles. The van der Waals surface area contributed by atoms with E-state index in [9.17, 15) is 9.59 Å². The van der Waals surface area contributed by atoms with Crippen LogP contribution in [0.1, 0.15) is 112 Å². The second-order valence-corrected chi connectivity index (χ2v) is 14.0. The SMILES string of the molecule is C=C(C)C(=O)CC[C@@H](C)[C@H]1CC[C@@]2(C)C3CCC4C(C)(C)C(=O)CC[C@@]45C[C@@]35CC[C@]12C. The van der Waals surface area contributed by atoms with Crippen molar-refractivity contribution >= 4 is 11.6 Å². The largest absolute Gasteiger partial charge is 0.299 e. The van der Waals surface area contributed by atoms with E-state index < -0.39 is 0 Å². The summed E-state index contributed by atoms with van der Waals surface area (Å²) in [7, 11) is 0. The maximum absolute atomic E-state index is 12.8. The molecule has 32 heavy (non-hydrogen) atoms. The molecule has 5 aliphatic rings. The topological polar surface area (TPSA) is 34.1 Å². The minimum Gasteiger partial charge on any atom is -0.299 e. The number of allylic oxidation sites excluding steroid dienone is 1. The van der Waals surface area contributed by atoms with Crippen LogP contribution < -0.4 is 0 Å². The first-order valence-corrected chi connectivity index (χ1v) is 13.6. The van der Waals surface area contributed by atoms with Gasteiger partial charge in [0.05, 0.1) is 0 Å². The number of carbonyl (C=O) groups is 2. The minimum absolute atomic E-state index is 0.114. The zero-order valence-corrected chi connectivity index (χ0v) is 21.6. The van der Waals surface area contributed by atoms with E-state index in [0.717, 1.165) is 24.7 Å². The Balaban J connectivity index is 1.40. The van der Waals surface area contributed by atoms with Crippen molar-refractivity contribution in [3.8, 4) is 0 Å². The van der Waals surface area contributed by atoms with Gasteiger partial charge in [0.2, 0.25) is 0 Å². The molecule has 0 aromatic carbocycles. The molecule has 5 saturated carbocycles. The summed E-state index contributed by atoms with van der Waals surface area (Å²) in [6.45, 7) is 17.9. The zero-order chi connectivity index (χ0) is 23.3. The van der Waals surface area contributed by atoms with Crippen LogP contribution in [0.5, 0.6) is 0 Å². The number of rotatable bonds is 5. The van der Waals surface area contributed by atoms with E-state index in [1.54, 1.807) is 0 Å². The fourth-order valence-electron chi connectivity index (χ4n) is 10.9. The van der Waals surface area contributed by atoms with Gasteiger partial charge in [-0.15, -0.1) is 0 Å². The number of fused-ring (bicyclic) bond motifs is 2. The highest BCUT2D eigenvalue weighted by atomic mass is 16.1. The molecule has 2 spiro atoms. The molecular formula is C30H46O2. The van der Waals surface area contributed by atoms with E-state index in [0.29, 0.717) is 51.3 Å². The van der Waals surface area contributed by atoms with Crippen LogP contribution in [0.25, 0.3) is 0 Å². The Labute approximate surface area is 196 Å². The third kappa shape index (κ3) is 2.59. The predicted octanol–water partition coefficient (Wildman–Crippen LogP) is 7.56. The molecule has 5 aliphatic carbocycles. The minimum atomic E-state index is -0.114. The van der Waals surface area contributed by atoms with E-state index in [-0.39, 0.29) is 11.2 Å². The van der Waals surface area contributed by atoms with E-state index >= 15 is 0 Å². The van der Waals surface area contributed by atoms with E-state index in [1.807, 2.05) is 6.92 Å². The lowest BCUT2D eigenvalue weighted by molar-refractivity contribution is -0.157. The molecule has 0 aromatic heterocycles. The van der Waals surface area contributed by atoms with Crippen LogP contribution in [0.2, 0.25) is 0 Å². The summed E-state index contributed by atoms with van der Waals surface area (Å²) in [6, 6.07) is 0. The Morgan fingerprint density at radius 1 is 0.969 bits per heavy atom. The third-order valence-corrected chi connectivity index (χ3v) is 12.9. The second kappa shape index (κ2) is 6.82. The third-order valence-electron chi connectivity index (χ3n) is 12.9. The average Bonchev–Trinajstić information content (AvgIpc) is 3.31. The molecule has 2 heteroatoms. The number of Topliss-reactive ketones (excluding diaryl/α,β-unsaturated/α-hetero) is 2. The van der Waals surface area contributed by atoms with Gasteiger partial charge in [-0.2, -0.15) is 0 Å². The smallest absolute Gasteiger partial charge is 0.157 e. The van der Waals surface area contributed by atoms with Crippen LogP contribution in [-0.2, 0) is 9.59 Å². The van der Waals surface area contributed by atoms with Gasteiger partial charge < -0.3 is 0 Å². The van der Waals surface area contributed by atoms with Crippen molar-refractivity contribution in [2.24, 2.45) is 50.7 Å². The molecule has 0 aliphatic heterocycles. The normalized spacial score (nSPS) is 49.3. The summed E-state index contributed by atoms with van der Waals surface area (Å²) in [6.07, 6.45) is 13.1. The highest BCUT2D eigenvalue weighted by Crippen LogP contribution is 2.88. The van der Waals surface area contributed by atoms with Gasteiger partial charge in [-0.05, 0) is 116 Å². The van der Waals surface area contributed by atoms with Gasteiger partial charge >= 0.3 is 0 Å². The number of hydrogen-bond acceptors (Lipinski definition) is 2. The molecular weight excluding hydrogens is 392 g/mol. The van der Waals surface area contributed by atoms with E-state index in [2.05, 4.69) is 41.2 Å². The monoisotopic (exact) mass is 438 g/mol. The van der Waals surface area contributed by atoms with Crippen molar-refractivity contribution in [1.29, 1.82) is 0 Å². The van der Waals surface area contributed by atoms with Crippen molar-refractivity contribution in [3.63, 3.8) is 0 Å². The summed E-state index contributed by atoms with van der Waals surface area (Å²) >= 11 is 0. The molecule has 0 N–H and O–H groups in total. The van der Waals surface area contributed by atoms with Crippen LogP contribution in [0.15, 0.2) is 12.2 Å². The maximum Gasteiger partial charge on any atom is 0.157 e. The maximum atomic E-state index is 12.8. The summed E-state index contributed by atoms with van der Waals surface area (Å²) < 4.78 is 0. The van der Waals surface area contributed by atoms with Crippen molar-refractivity contribution in [2.45, 2.75) is 112 Å². The average molecular weight is 439 g/mol. The molecule has 178 valence electrons. The molecule has 2 nitrogen and oxygen atoms in total. The summed E-state index contributed by atoms with van der Waals surface area (Å²) in [5.41, 5.74) is 2.40. The fraction of sp³-hybridized carbons (Fsp3) is 0.867. The van der Waals surface area contributed by atoms with E-state index in [1.165, 1.54) is 51.4 Å². The molecule has 2 unspecified atom stereocenters. The Morgan fingerprint density at radius 3 is 2.31 bits per heavy atom. The van der Waals surface area contributed by atoms with Crippen LogP contribution in [0.4, 0.5) is 0 Å². The summed E-state index contributed by atoms with van der Waals surface area (Å²) in [5.74, 6) is 3.57. The Morgan fingerprint density at radius 2 is 1.62 bits per heavy atom. The van der Waals surface area contributed by atoms with E-state index in [4.69, 9.17) is 0 Å². The lowest BCUT2D eigenvalue weighted by Gasteiger charge is -2.62. The number of ketones is 2. The van der Waals surface area contributed by atoms with Gasteiger partial charge in [0.25, 0.3) is 0 Å². The number of carbonyl (C=O) groups excluding carboxylic acids is 2. The Kier molecular flexibility index (Phi) is 4.87. The lowest BCUT2D eigenvalue weighted by Crippen LogP contribution is -2.57. The van der Waals surface area contributed by atoms with Crippen molar-refractivity contribution in [1.82, 2.24) is 0 Å². The molecule has 0 amide bonds. The molecule has 5 fully saturated rings. The molecule has 0 radical (unpaired) electrons. The standard InChI is InChI=1S/C30H46O2/c1-19(2)22(31)9-8-20(3)21-12-14-28(7)24-11-10-23-26(4,5)25(32)13-15-29(23)18-30(24,29)17-16-27(21,28)6/h20-21,23-24H,1,8-18H2,2-7H3/t20-,21-,23?,24?,27-,28+,29-,30+/m1/s1. The van der Waals surface area contributed by atoms with Crippen molar-refractivity contribution in [3.05, 3.63) is 12.2 Å². The summed E-state index contributed by atoms with van der Waals surface area (Å²) in [5, 5.41) is 0. The van der Waals surface area contributed by atoms with Crippen LogP contribution >= 0.6 is 0 Å². The first-order chi connectivity index (χ1) is 14.9. The van der Waals surface area contributed by atoms with Gasteiger partial charge in [-0.3, -0.25) is 9.59 Å². The van der Waals surface area contributed by atoms with Crippen LogP contribution in [-0.4, -0.2) is 11.6 Å². The van der Waals surface area contributed by atoms with Crippen LogP contribution in [0.3, 0.4) is 0 Å². The molecule has 8 atom stereocenters. The van der Waals surface area contributed by atoms with Gasteiger partial charge in [0, 0.05) is 18.3 Å². The fourth-order valence-corrected chi connectivity index (χ4v) is 10.9. The molecule has 0 bridgehead atoms. The highest BCUT2D eigenvalue weighted by molar-refractivity contribution is 5.94. The van der Waals surface area contributed by atoms with Crippen LogP contribution in [0, 0.1) is 50.7 Å². The predicted molar refractivity (Wildman–Crippen MR) is 130 cm³/mol. The Bertz CT molecular complexity index is 868. The molecule has 0 aromatic rings. The number of hydrogen-bond donors (Lipinski definition) is 0. The quantitative estimate of drug-likeness (QED) is 0.415. The van der Waals surface area contributed by atoms with Crippen molar-refractivity contribution in [2.75, 3.05) is 0 Å². The van der Waals surface area contributed by atoms with Crippen molar-refractivity contribution < 1.29 is 9.59 Å².